The van der Waals surface area contributed by atoms with Crippen molar-refractivity contribution in [3.05, 3.63) is 28.3 Å². The molecule has 7 heteroatoms. The van der Waals surface area contributed by atoms with Crippen LogP contribution in [0.5, 0.6) is 0 Å². The molecule has 1 N–H and O–H groups in total. The minimum atomic E-state index is -0.158. The fourth-order valence-electron chi connectivity index (χ4n) is 4.29. The Labute approximate surface area is 140 Å². The van der Waals surface area contributed by atoms with Gasteiger partial charge in [0.1, 0.15) is 5.76 Å². The summed E-state index contributed by atoms with van der Waals surface area (Å²) in [5, 5.41) is 6.90. The van der Waals surface area contributed by atoms with Crippen LogP contribution in [0.15, 0.2) is 15.4 Å². The topological polar surface area (TPSA) is 80.0 Å². The van der Waals surface area contributed by atoms with E-state index >= 15 is 0 Å². The van der Waals surface area contributed by atoms with Gasteiger partial charge in [-0.1, -0.05) is 6.42 Å². The molecule has 3 fully saturated rings. The van der Waals surface area contributed by atoms with Gasteiger partial charge in [0, 0.05) is 19.5 Å². The smallest absolute Gasteiger partial charge is 0.343 e. The van der Waals surface area contributed by atoms with E-state index in [-0.39, 0.29) is 11.7 Å². The van der Waals surface area contributed by atoms with Crippen LogP contribution in [0, 0.1) is 11.8 Å². The van der Waals surface area contributed by atoms with E-state index in [1.165, 1.54) is 32.1 Å². The third-order valence-corrected chi connectivity index (χ3v) is 6.12. The zero-order chi connectivity index (χ0) is 16.3. The number of oxazole rings is 1. The first-order valence-corrected chi connectivity index (χ1v) is 9.06. The number of aromatic amines is 1. The Hall–Kier alpha value is -2.05. The molecule has 1 saturated heterocycles. The molecule has 128 valence electrons. The van der Waals surface area contributed by atoms with E-state index in [1.54, 1.807) is 11.6 Å². The van der Waals surface area contributed by atoms with Crippen LogP contribution in [0.3, 0.4) is 0 Å². The summed E-state index contributed by atoms with van der Waals surface area (Å²) >= 11 is 0. The summed E-state index contributed by atoms with van der Waals surface area (Å²) in [5.41, 5.74) is -0.158. The summed E-state index contributed by atoms with van der Waals surface area (Å²) in [6.07, 6.45) is 9.26. The van der Waals surface area contributed by atoms with Crippen molar-refractivity contribution in [1.29, 1.82) is 0 Å². The summed E-state index contributed by atoms with van der Waals surface area (Å²) in [4.78, 5) is 18.6. The van der Waals surface area contributed by atoms with Gasteiger partial charge in [-0.25, -0.2) is 14.9 Å². The third kappa shape index (κ3) is 2.13. The Kier molecular flexibility index (Phi) is 3.11. The lowest BCUT2D eigenvalue weighted by atomic mass is 9.84. The Morgan fingerprint density at radius 2 is 2.08 bits per heavy atom. The number of nitrogens with one attached hydrogen (secondary N) is 1. The summed E-state index contributed by atoms with van der Waals surface area (Å²) < 4.78 is 7.74. The van der Waals surface area contributed by atoms with Crippen molar-refractivity contribution in [1.82, 2.24) is 19.7 Å². The molecule has 0 aromatic carbocycles. The number of anilines is 1. The number of hydrogen-bond donors (Lipinski definition) is 1. The van der Waals surface area contributed by atoms with E-state index in [0.29, 0.717) is 17.9 Å². The Morgan fingerprint density at radius 3 is 2.71 bits per heavy atom. The number of H-pyrrole nitrogens is 1. The molecule has 0 bridgehead atoms. The maximum absolute atomic E-state index is 11.9. The van der Waals surface area contributed by atoms with E-state index in [9.17, 15) is 4.79 Å². The van der Waals surface area contributed by atoms with Crippen LogP contribution in [-0.4, -0.2) is 26.3 Å². The standard InChI is InChI=1S/C17H23N5O2/c1-21-15(19-20-16(21)23)14-12(10-5-6-10)7-8-22(14)17-18-9-13(24-17)11-3-2-4-11/h9-12,14H,2-8H2,1H3,(H,20,23). The zero-order valence-corrected chi connectivity index (χ0v) is 13.9. The highest BCUT2D eigenvalue weighted by Crippen LogP contribution is 2.51. The molecule has 2 atom stereocenters. The van der Waals surface area contributed by atoms with Crippen LogP contribution in [-0.2, 0) is 7.05 Å². The minimum Gasteiger partial charge on any atom is -0.428 e. The Balaban J connectivity index is 1.50. The lowest BCUT2D eigenvalue weighted by Crippen LogP contribution is -2.30. The first kappa shape index (κ1) is 14.3. The third-order valence-electron chi connectivity index (χ3n) is 6.12. The van der Waals surface area contributed by atoms with E-state index in [0.717, 1.165) is 30.5 Å². The van der Waals surface area contributed by atoms with Crippen molar-refractivity contribution in [2.45, 2.75) is 50.5 Å². The number of nitrogens with zero attached hydrogens (tertiary/aromatic N) is 4. The fraction of sp³-hybridized carbons (Fsp3) is 0.706. The second kappa shape index (κ2) is 5.22. The summed E-state index contributed by atoms with van der Waals surface area (Å²) in [6, 6.07) is 0.773. The normalized spacial score (nSPS) is 27.6. The van der Waals surface area contributed by atoms with Gasteiger partial charge in [0.15, 0.2) is 5.82 Å². The molecule has 0 spiro atoms. The monoisotopic (exact) mass is 329 g/mol. The van der Waals surface area contributed by atoms with Crippen molar-refractivity contribution in [2.24, 2.45) is 18.9 Å². The van der Waals surface area contributed by atoms with E-state index in [1.807, 2.05) is 6.20 Å². The highest BCUT2D eigenvalue weighted by Gasteiger charge is 2.47. The van der Waals surface area contributed by atoms with E-state index in [2.05, 4.69) is 20.1 Å². The first-order valence-electron chi connectivity index (χ1n) is 9.06. The molecule has 2 unspecified atom stereocenters. The lowest BCUT2D eigenvalue weighted by Gasteiger charge is -2.26. The van der Waals surface area contributed by atoms with Crippen LogP contribution >= 0.6 is 0 Å². The largest absolute Gasteiger partial charge is 0.428 e. The molecule has 3 heterocycles. The van der Waals surface area contributed by atoms with Crippen LogP contribution < -0.4 is 10.6 Å². The molecule has 5 rings (SSSR count). The molecular weight excluding hydrogens is 306 g/mol. The highest BCUT2D eigenvalue weighted by atomic mass is 16.4. The van der Waals surface area contributed by atoms with Gasteiger partial charge in [0.05, 0.1) is 12.2 Å². The van der Waals surface area contributed by atoms with Crippen molar-refractivity contribution >= 4 is 6.01 Å². The summed E-state index contributed by atoms with van der Waals surface area (Å²) in [5.74, 6) is 3.63. The van der Waals surface area contributed by atoms with Gasteiger partial charge < -0.3 is 9.32 Å². The predicted octanol–water partition coefficient (Wildman–Crippen LogP) is 2.34. The molecule has 7 nitrogen and oxygen atoms in total. The molecule has 0 amide bonds. The number of hydrogen-bond acceptors (Lipinski definition) is 5. The van der Waals surface area contributed by atoms with Gasteiger partial charge in [-0.3, -0.25) is 4.57 Å². The van der Waals surface area contributed by atoms with Gasteiger partial charge in [0.25, 0.3) is 6.01 Å². The van der Waals surface area contributed by atoms with Gasteiger partial charge in [-0.05, 0) is 43.9 Å². The zero-order valence-electron chi connectivity index (χ0n) is 13.9. The van der Waals surface area contributed by atoms with E-state index < -0.39 is 0 Å². The molecule has 24 heavy (non-hydrogen) atoms. The predicted molar refractivity (Wildman–Crippen MR) is 87.8 cm³/mol. The van der Waals surface area contributed by atoms with Gasteiger partial charge >= 0.3 is 5.69 Å². The van der Waals surface area contributed by atoms with Crippen LogP contribution in [0.1, 0.15) is 62.1 Å². The van der Waals surface area contributed by atoms with Crippen molar-refractivity contribution < 1.29 is 4.42 Å². The summed E-state index contributed by atoms with van der Waals surface area (Å²) in [7, 11) is 1.79. The number of rotatable bonds is 4. The Bertz CT molecular complexity index is 798. The average Bonchev–Trinajstić information content (AvgIpc) is 2.95. The average molecular weight is 329 g/mol. The molecule has 2 saturated carbocycles. The van der Waals surface area contributed by atoms with Crippen molar-refractivity contribution in [2.75, 3.05) is 11.4 Å². The molecule has 2 aliphatic carbocycles. The highest BCUT2D eigenvalue weighted by molar-refractivity contribution is 5.35. The van der Waals surface area contributed by atoms with Gasteiger partial charge in [0.2, 0.25) is 0 Å². The molecular formula is C17H23N5O2. The molecule has 3 aliphatic rings. The van der Waals surface area contributed by atoms with Crippen molar-refractivity contribution in [3.8, 4) is 0 Å². The molecule has 2 aromatic heterocycles. The van der Waals surface area contributed by atoms with Gasteiger partial charge in [-0.2, -0.15) is 5.10 Å². The maximum Gasteiger partial charge on any atom is 0.343 e. The maximum atomic E-state index is 11.9. The fourth-order valence-corrected chi connectivity index (χ4v) is 4.29. The lowest BCUT2D eigenvalue weighted by molar-refractivity contribution is 0.340. The SMILES string of the molecule is Cn1c(C2C(C3CC3)CCN2c2ncc(C3CCC3)o2)n[nH]c1=O. The second-order valence-corrected chi connectivity index (χ2v) is 7.55. The quantitative estimate of drug-likeness (QED) is 0.931. The van der Waals surface area contributed by atoms with Gasteiger partial charge in [-0.15, -0.1) is 0 Å². The second-order valence-electron chi connectivity index (χ2n) is 7.55. The van der Waals surface area contributed by atoms with Crippen LogP contribution in [0.2, 0.25) is 0 Å². The van der Waals surface area contributed by atoms with Crippen LogP contribution in [0.4, 0.5) is 6.01 Å². The Morgan fingerprint density at radius 1 is 1.25 bits per heavy atom. The number of aromatic nitrogens is 4. The van der Waals surface area contributed by atoms with E-state index in [4.69, 9.17) is 4.42 Å². The first-order chi connectivity index (χ1) is 11.7. The van der Waals surface area contributed by atoms with Crippen molar-refractivity contribution in [3.63, 3.8) is 0 Å². The molecule has 1 aliphatic heterocycles. The minimum absolute atomic E-state index is 0.0781. The van der Waals surface area contributed by atoms with Crippen LogP contribution in [0.25, 0.3) is 0 Å². The summed E-state index contributed by atoms with van der Waals surface area (Å²) in [6.45, 7) is 0.914. The molecule has 0 radical (unpaired) electrons. The molecule has 2 aromatic rings.